The molecule has 5 nitrogen and oxygen atoms in total. The van der Waals surface area contributed by atoms with E-state index in [1.807, 2.05) is 30.3 Å². The van der Waals surface area contributed by atoms with E-state index < -0.39 is 12.1 Å². The van der Waals surface area contributed by atoms with Gasteiger partial charge in [0, 0.05) is 23.1 Å². The van der Waals surface area contributed by atoms with Gasteiger partial charge in [-0.25, -0.2) is 4.79 Å². The van der Waals surface area contributed by atoms with Crippen molar-refractivity contribution in [2.45, 2.75) is 12.5 Å². The minimum atomic E-state index is -1.12. The molecule has 1 atom stereocenters. The second-order valence-electron chi connectivity index (χ2n) is 5.99. The summed E-state index contributed by atoms with van der Waals surface area (Å²) in [6.07, 6.45) is -1.04. The van der Waals surface area contributed by atoms with E-state index in [9.17, 15) is 9.90 Å². The van der Waals surface area contributed by atoms with E-state index in [0.717, 1.165) is 0 Å². The fraction of sp³-hybridized carbons (Fsp3) is 0.136. The van der Waals surface area contributed by atoms with E-state index >= 15 is 0 Å². The van der Waals surface area contributed by atoms with Crippen LogP contribution in [0.15, 0.2) is 72.8 Å². The molecule has 0 heterocycles. The highest BCUT2D eigenvalue weighted by atomic mass is 35.5. The molecule has 0 aliphatic rings. The Balaban J connectivity index is 1.84. The van der Waals surface area contributed by atoms with Gasteiger partial charge < -0.3 is 19.3 Å². The first-order chi connectivity index (χ1) is 13.5. The summed E-state index contributed by atoms with van der Waals surface area (Å²) < 4.78 is 16.7. The fourth-order valence-electron chi connectivity index (χ4n) is 2.64. The molecular formula is C22H19ClO5. The van der Waals surface area contributed by atoms with Crippen molar-refractivity contribution in [1.29, 1.82) is 0 Å². The molecule has 28 heavy (non-hydrogen) atoms. The summed E-state index contributed by atoms with van der Waals surface area (Å²) in [5, 5.41) is 10.1. The first kappa shape index (κ1) is 19.6. The lowest BCUT2D eigenvalue weighted by Gasteiger charge is -2.18. The Morgan fingerprint density at radius 3 is 2.39 bits per heavy atom. The lowest BCUT2D eigenvalue weighted by atomic mass is 10.1. The van der Waals surface area contributed by atoms with Crippen LogP contribution < -0.4 is 14.2 Å². The van der Waals surface area contributed by atoms with Gasteiger partial charge in [0.15, 0.2) is 6.10 Å². The van der Waals surface area contributed by atoms with Crippen LogP contribution in [0.3, 0.4) is 0 Å². The summed E-state index contributed by atoms with van der Waals surface area (Å²) in [5.74, 6) is 1.06. The van der Waals surface area contributed by atoms with Crippen molar-refractivity contribution < 1.29 is 24.1 Å². The summed E-state index contributed by atoms with van der Waals surface area (Å²) in [6, 6.07) is 21.1. The number of carbonyl (C=O) groups is 1. The summed E-state index contributed by atoms with van der Waals surface area (Å²) >= 11 is 6.12. The number of rotatable bonds is 8. The number of methoxy groups -OCH3 is 1. The number of para-hydroxylation sites is 1. The molecule has 0 fully saturated rings. The fourth-order valence-corrected chi connectivity index (χ4v) is 2.84. The van der Waals surface area contributed by atoms with Gasteiger partial charge >= 0.3 is 5.97 Å². The van der Waals surface area contributed by atoms with Crippen LogP contribution in [-0.4, -0.2) is 24.3 Å². The molecule has 1 unspecified atom stereocenters. The first-order valence-corrected chi connectivity index (χ1v) is 8.98. The van der Waals surface area contributed by atoms with E-state index in [0.29, 0.717) is 33.6 Å². The zero-order valence-electron chi connectivity index (χ0n) is 15.2. The third-order valence-electron chi connectivity index (χ3n) is 3.99. The largest absolute Gasteiger partial charge is 0.497 e. The van der Waals surface area contributed by atoms with Gasteiger partial charge in [-0.15, -0.1) is 0 Å². The van der Waals surface area contributed by atoms with Crippen LogP contribution >= 0.6 is 11.6 Å². The van der Waals surface area contributed by atoms with Crippen LogP contribution in [-0.2, 0) is 11.2 Å². The third kappa shape index (κ3) is 5.18. The average Bonchev–Trinajstić information content (AvgIpc) is 2.70. The van der Waals surface area contributed by atoms with E-state index in [-0.39, 0.29) is 6.42 Å². The van der Waals surface area contributed by atoms with Crippen LogP contribution in [0.25, 0.3) is 0 Å². The molecule has 144 valence electrons. The average molecular weight is 399 g/mol. The normalized spacial score (nSPS) is 11.5. The van der Waals surface area contributed by atoms with Gasteiger partial charge in [0.2, 0.25) is 0 Å². The number of ether oxygens (including phenoxy) is 3. The van der Waals surface area contributed by atoms with Crippen molar-refractivity contribution >= 4 is 17.6 Å². The third-order valence-corrected chi connectivity index (χ3v) is 4.23. The number of aliphatic carboxylic acids is 1. The minimum Gasteiger partial charge on any atom is -0.497 e. The maximum atomic E-state index is 11.8. The quantitative estimate of drug-likeness (QED) is 0.563. The molecule has 0 saturated heterocycles. The minimum absolute atomic E-state index is 0.0786. The van der Waals surface area contributed by atoms with Crippen molar-refractivity contribution in [2.24, 2.45) is 0 Å². The van der Waals surface area contributed by atoms with E-state index in [1.165, 1.54) is 7.11 Å². The first-order valence-electron chi connectivity index (χ1n) is 8.60. The molecular weight excluding hydrogens is 380 g/mol. The molecule has 0 amide bonds. The van der Waals surface area contributed by atoms with Gasteiger partial charge in [0.25, 0.3) is 0 Å². The van der Waals surface area contributed by atoms with Gasteiger partial charge in [-0.1, -0.05) is 35.9 Å². The van der Waals surface area contributed by atoms with Crippen LogP contribution in [0.2, 0.25) is 5.02 Å². The van der Waals surface area contributed by atoms with Gasteiger partial charge in [-0.2, -0.15) is 0 Å². The Morgan fingerprint density at radius 2 is 1.68 bits per heavy atom. The molecule has 0 aromatic heterocycles. The van der Waals surface area contributed by atoms with Crippen molar-refractivity contribution in [3.05, 3.63) is 83.4 Å². The number of carboxylic acid groups (broad SMARTS) is 1. The molecule has 0 radical (unpaired) electrons. The summed E-state index contributed by atoms with van der Waals surface area (Å²) in [7, 11) is 1.53. The van der Waals surface area contributed by atoms with E-state index in [4.69, 9.17) is 25.8 Å². The van der Waals surface area contributed by atoms with E-state index in [1.54, 1.807) is 42.5 Å². The zero-order valence-corrected chi connectivity index (χ0v) is 15.9. The molecule has 3 aromatic carbocycles. The molecule has 0 aliphatic heterocycles. The topological polar surface area (TPSA) is 65.0 Å². The Kier molecular flexibility index (Phi) is 6.40. The zero-order chi connectivity index (χ0) is 19.9. The predicted octanol–water partition coefficient (Wildman–Crippen LogP) is 5.22. The standard InChI is InChI=1S/C22H19ClO5/c1-26-18-8-5-9-19(14-18)28-21(22(24)25)13-15-12-16(23)10-11-20(15)27-17-6-3-2-4-7-17/h2-12,14,21H,13H2,1H3,(H,24,25). The van der Waals surface area contributed by atoms with Crippen molar-refractivity contribution in [3.63, 3.8) is 0 Å². The maximum absolute atomic E-state index is 11.8. The van der Waals surface area contributed by atoms with Crippen LogP contribution in [0.1, 0.15) is 5.56 Å². The second-order valence-corrected chi connectivity index (χ2v) is 6.43. The molecule has 0 spiro atoms. The van der Waals surface area contributed by atoms with Crippen LogP contribution in [0, 0.1) is 0 Å². The predicted molar refractivity (Wildman–Crippen MR) is 107 cm³/mol. The summed E-state index contributed by atoms with van der Waals surface area (Å²) in [4.78, 5) is 11.8. The lowest BCUT2D eigenvalue weighted by molar-refractivity contribution is -0.145. The molecule has 1 N–H and O–H groups in total. The highest BCUT2D eigenvalue weighted by Crippen LogP contribution is 2.30. The number of carboxylic acids is 1. The maximum Gasteiger partial charge on any atom is 0.345 e. The summed E-state index contributed by atoms with van der Waals surface area (Å²) in [6.45, 7) is 0. The SMILES string of the molecule is COc1cccc(OC(Cc2cc(Cl)ccc2Oc2ccccc2)C(=O)O)c1. The summed E-state index contributed by atoms with van der Waals surface area (Å²) in [5.41, 5.74) is 0.631. The molecule has 0 bridgehead atoms. The molecule has 0 saturated carbocycles. The molecule has 3 rings (SSSR count). The molecule has 0 aliphatic carbocycles. The highest BCUT2D eigenvalue weighted by Gasteiger charge is 2.23. The van der Waals surface area contributed by atoms with Crippen LogP contribution in [0.4, 0.5) is 0 Å². The highest BCUT2D eigenvalue weighted by molar-refractivity contribution is 6.30. The molecule has 3 aromatic rings. The number of benzene rings is 3. The van der Waals surface area contributed by atoms with Gasteiger partial charge in [0.1, 0.15) is 23.0 Å². The Bertz CT molecular complexity index is 943. The Hall–Kier alpha value is -3.18. The second kappa shape index (κ2) is 9.15. The van der Waals surface area contributed by atoms with Crippen molar-refractivity contribution in [3.8, 4) is 23.0 Å². The smallest absolute Gasteiger partial charge is 0.345 e. The number of hydrogen-bond donors (Lipinski definition) is 1. The van der Waals surface area contributed by atoms with E-state index in [2.05, 4.69) is 0 Å². The van der Waals surface area contributed by atoms with Gasteiger partial charge in [-0.05, 0) is 42.5 Å². The monoisotopic (exact) mass is 398 g/mol. The van der Waals surface area contributed by atoms with Crippen molar-refractivity contribution in [2.75, 3.05) is 7.11 Å². The number of halogens is 1. The Labute approximate surface area is 168 Å². The Morgan fingerprint density at radius 1 is 0.964 bits per heavy atom. The van der Waals surface area contributed by atoms with Gasteiger partial charge in [0.05, 0.1) is 7.11 Å². The van der Waals surface area contributed by atoms with Gasteiger partial charge in [-0.3, -0.25) is 0 Å². The van der Waals surface area contributed by atoms with Crippen LogP contribution in [0.5, 0.6) is 23.0 Å². The van der Waals surface area contributed by atoms with Crippen molar-refractivity contribution in [1.82, 2.24) is 0 Å². The molecule has 6 heteroatoms. The lowest BCUT2D eigenvalue weighted by Crippen LogP contribution is -2.29. The number of hydrogen-bond acceptors (Lipinski definition) is 4.